The van der Waals surface area contributed by atoms with Gasteiger partial charge in [0.1, 0.15) is 5.60 Å². The number of benzene rings is 1. The van der Waals surface area contributed by atoms with E-state index in [2.05, 4.69) is 50.2 Å². The highest BCUT2D eigenvalue weighted by atomic mass is 16.3. The summed E-state index contributed by atoms with van der Waals surface area (Å²) in [4.78, 5) is 20.7. The Kier molecular flexibility index (Phi) is 5.28. The fourth-order valence-corrected chi connectivity index (χ4v) is 3.96. The zero-order valence-electron chi connectivity index (χ0n) is 18.3. The van der Waals surface area contributed by atoms with Crippen LogP contribution in [-0.4, -0.2) is 47.4 Å². The predicted octanol–water partition coefficient (Wildman–Crippen LogP) is 3.70. The van der Waals surface area contributed by atoms with Crippen molar-refractivity contribution < 1.29 is 5.11 Å². The van der Waals surface area contributed by atoms with E-state index in [1.807, 2.05) is 28.8 Å². The zero-order valence-corrected chi connectivity index (χ0v) is 18.3. The first-order chi connectivity index (χ1) is 15.5. The van der Waals surface area contributed by atoms with Crippen LogP contribution in [0.1, 0.15) is 37.4 Å². The Labute approximate surface area is 187 Å². The van der Waals surface area contributed by atoms with Crippen molar-refractivity contribution in [2.24, 2.45) is 0 Å². The van der Waals surface area contributed by atoms with E-state index in [0.717, 1.165) is 43.3 Å². The molecule has 0 radical (unpaired) electrons. The van der Waals surface area contributed by atoms with E-state index in [9.17, 15) is 5.11 Å². The van der Waals surface area contributed by atoms with Crippen molar-refractivity contribution >= 4 is 11.4 Å². The Balaban J connectivity index is 1.37. The van der Waals surface area contributed by atoms with Crippen LogP contribution < -0.4 is 0 Å². The number of aromatic nitrogens is 5. The molecule has 3 aromatic heterocycles. The number of aliphatic hydroxyl groups is 1. The molecule has 0 unspecified atom stereocenters. The number of rotatable bonds is 5. The molecule has 0 bridgehead atoms. The lowest BCUT2D eigenvalue weighted by Gasteiger charge is -2.26. The summed E-state index contributed by atoms with van der Waals surface area (Å²) in [5.74, 6) is 1.30. The number of hydrogen-bond donors (Lipinski definition) is 1. The van der Waals surface area contributed by atoms with E-state index in [0.29, 0.717) is 11.5 Å². The SMILES string of the molecule is CC(C)(O)c1ccn2c(-c3ccnc(C4=CCN(Cc5ccccc5)CC4)n3)cnc2n1. The molecule has 0 fully saturated rings. The van der Waals surface area contributed by atoms with Crippen LogP contribution in [0.5, 0.6) is 0 Å². The highest BCUT2D eigenvalue weighted by molar-refractivity contribution is 5.65. The van der Waals surface area contributed by atoms with E-state index in [1.165, 1.54) is 11.1 Å². The van der Waals surface area contributed by atoms with E-state index in [1.54, 1.807) is 26.2 Å². The Hall–Kier alpha value is -3.42. The fourth-order valence-electron chi connectivity index (χ4n) is 3.96. The Bertz CT molecular complexity index is 1270. The lowest BCUT2D eigenvalue weighted by molar-refractivity contribution is 0.0739. The second-order valence-electron chi connectivity index (χ2n) is 8.65. The highest BCUT2D eigenvalue weighted by Crippen LogP contribution is 2.25. The number of nitrogens with zero attached hydrogens (tertiary/aromatic N) is 6. The van der Waals surface area contributed by atoms with Crippen LogP contribution in [-0.2, 0) is 12.1 Å². The van der Waals surface area contributed by atoms with Crippen molar-refractivity contribution in [2.45, 2.75) is 32.4 Å². The van der Waals surface area contributed by atoms with Crippen LogP contribution in [0.2, 0.25) is 0 Å². The van der Waals surface area contributed by atoms with Crippen molar-refractivity contribution in [3.05, 3.63) is 84.2 Å². The normalized spacial score (nSPS) is 15.2. The highest BCUT2D eigenvalue weighted by Gasteiger charge is 2.20. The van der Waals surface area contributed by atoms with E-state index >= 15 is 0 Å². The molecule has 0 saturated heterocycles. The molecule has 7 heteroatoms. The van der Waals surface area contributed by atoms with E-state index in [-0.39, 0.29) is 0 Å². The van der Waals surface area contributed by atoms with Gasteiger partial charge in [-0.3, -0.25) is 9.30 Å². The number of imidazole rings is 1. The predicted molar refractivity (Wildman–Crippen MR) is 124 cm³/mol. The van der Waals surface area contributed by atoms with Gasteiger partial charge in [-0.1, -0.05) is 36.4 Å². The molecular weight excluding hydrogens is 400 g/mol. The third kappa shape index (κ3) is 4.17. The molecule has 1 aromatic carbocycles. The number of hydrogen-bond acceptors (Lipinski definition) is 6. The smallest absolute Gasteiger partial charge is 0.234 e. The minimum absolute atomic E-state index is 0.535. The van der Waals surface area contributed by atoms with Gasteiger partial charge < -0.3 is 5.11 Å². The average Bonchev–Trinajstić information content (AvgIpc) is 3.23. The Morgan fingerprint density at radius 2 is 1.88 bits per heavy atom. The van der Waals surface area contributed by atoms with Gasteiger partial charge in [0.05, 0.1) is 23.3 Å². The fraction of sp³-hybridized carbons (Fsp3) is 0.280. The summed E-state index contributed by atoms with van der Waals surface area (Å²) in [6, 6.07) is 14.3. The maximum absolute atomic E-state index is 10.2. The first-order valence-electron chi connectivity index (χ1n) is 10.8. The third-order valence-corrected chi connectivity index (χ3v) is 5.75. The molecule has 1 N–H and O–H groups in total. The van der Waals surface area contributed by atoms with Gasteiger partial charge in [-0.2, -0.15) is 0 Å². The maximum Gasteiger partial charge on any atom is 0.234 e. The molecular formula is C25H26N6O. The monoisotopic (exact) mass is 426 g/mol. The van der Waals surface area contributed by atoms with Crippen LogP contribution in [0.4, 0.5) is 0 Å². The summed E-state index contributed by atoms with van der Waals surface area (Å²) in [7, 11) is 0. The van der Waals surface area contributed by atoms with Crippen LogP contribution >= 0.6 is 0 Å². The zero-order chi connectivity index (χ0) is 22.1. The van der Waals surface area contributed by atoms with E-state index < -0.39 is 5.60 Å². The van der Waals surface area contributed by atoms with Crippen molar-refractivity contribution in [1.29, 1.82) is 0 Å². The topological polar surface area (TPSA) is 79.4 Å². The summed E-state index contributed by atoms with van der Waals surface area (Å²) < 4.78 is 1.89. The van der Waals surface area contributed by atoms with Crippen LogP contribution in [0.15, 0.2) is 67.1 Å². The van der Waals surface area contributed by atoms with Gasteiger partial charge in [0.2, 0.25) is 5.78 Å². The first kappa shape index (κ1) is 20.5. The Morgan fingerprint density at radius 1 is 1.03 bits per heavy atom. The van der Waals surface area contributed by atoms with Crippen molar-refractivity contribution in [3.63, 3.8) is 0 Å². The summed E-state index contributed by atoms with van der Waals surface area (Å²) >= 11 is 0. The molecule has 7 nitrogen and oxygen atoms in total. The van der Waals surface area contributed by atoms with Crippen LogP contribution in [0.25, 0.3) is 22.7 Å². The van der Waals surface area contributed by atoms with Gasteiger partial charge in [-0.15, -0.1) is 0 Å². The second-order valence-corrected chi connectivity index (χ2v) is 8.65. The molecule has 32 heavy (non-hydrogen) atoms. The molecule has 0 amide bonds. The molecule has 0 aliphatic carbocycles. The standard InChI is InChI=1S/C25H26N6O/c1-25(2,32)22-11-15-31-21(16-27-24(31)29-22)20-8-12-26-23(28-20)19-9-13-30(14-10-19)17-18-6-4-3-5-7-18/h3-9,11-12,15-16,32H,10,13-14,17H2,1-2H3. The quantitative estimate of drug-likeness (QED) is 0.524. The third-order valence-electron chi connectivity index (χ3n) is 5.75. The average molecular weight is 427 g/mol. The van der Waals surface area contributed by atoms with Crippen LogP contribution in [0, 0.1) is 0 Å². The van der Waals surface area contributed by atoms with E-state index in [4.69, 9.17) is 4.98 Å². The molecule has 4 heterocycles. The van der Waals surface area contributed by atoms with Gasteiger partial charge >= 0.3 is 0 Å². The number of fused-ring (bicyclic) bond motifs is 1. The first-order valence-corrected chi connectivity index (χ1v) is 10.8. The van der Waals surface area contributed by atoms with Gasteiger partial charge in [-0.25, -0.2) is 19.9 Å². The molecule has 0 atom stereocenters. The molecule has 1 aliphatic heterocycles. The van der Waals surface area contributed by atoms with Gasteiger partial charge in [-0.05, 0) is 43.5 Å². The molecule has 0 spiro atoms. The minimum atomic E-state index is -1.02. The largest absolute Gasteiger partial charge is 0.384 e. The van der Waals surface area contributed by atoms with Crippen molar-refractivity contribution in [3.8, 4) is 11.4 Å². The minimum Gasteiger partial charge on any atom is -0.384 e. The second kappa shape index (κ2) is 8.26. The Morgan fingerprint density at radius 3 is 2.62 bits per heavy atom. The van der Waals surface area contributed by atoms with Gasteiger partial charge in [0, 0.05) is 32.0 Å². The molecule has 5 rings (SSSR count). The molecule has 0 saturated carbocycles. The lowest BCUT2D eigenvalue weighted by atomic mass is 10.1. The molecule has 4 aromatic rings. The van der Waals surface area contributed by atoms with Gasteiger partial charge in [0.25, 0.3) is 0 Å². The van der Waals surface area contributed by atoms with Crippen LogP contribution in [0.3, 0.4) is 0 Å². The van der Waals surface area contributed by atoms with Gasteiger partial charge in [0.15, 0.2) is 5.82 Å². The maximum atomic E-state index is 10.2. The summed E-state index contributed by atoms with van der Waals surface area (Å²) in [5.41, 5.74) is 3.72. The lowest BCUT2D eigenvalue weighted by Crippen LogP contribution is -2.28. The van der Waals surface area contributed by atoms with Crippen molar-refractivity contribution in [2.75, 3.05) is 13.1 Å². The summed E-state index contributed by atoms with van der Waals surface area (Å²) in [5, 5.41) is 10.2. The van der Waals surface area contributed by atoms with Crippen molar-refractivity contribution in [1.82, 2.24) is 29.2 Å². The molecule has 1 aliphatic rings. The molecule has 162 valence electrons. The summed E-state index contributed by atoms with van der Waals surface area (Å²) in [6.07, 6.45) is 8.59. The summed E-state index contributed by atoms with van der Waals surface area (Å²) in [6.45, 7) is 6.24.